The van der Waals surface area contributed by atoms with Crippen LogP contribution >= 0.6 is 15.9 Å². The summed E-state index contributed by atoms with van der Waals surface area (Å²) in [5.41, 5.74) is -0.166. The van der Waals surface area contributed by atoms with Gasteiger partial charge in [0.2, 0.25) is 0 Å². The van der Waals surface area contributed by atoms with Crippen molar-refractivity contribution in [3.05, 3.63) is 69.4 Å². The summed E-state index contributed by atoms with van der Waals surface area (Å²) >= 11 is 2.93. The maximum Gasteiger partial charge on any atom is 0.257 e. The molecule has 2 aromatic carbocycles. The average molecular weight is 344 g/mol. The van der Waals surface area contributed by atoms with E-state index in [1.54, 1.807) is 6.07 Å². The van der Waals surface area contributed by atoms with Crippen molar-refractivity contribution in [2.45, 2.75) is 6.54 Å². The molecule has 0 heterocycles. The summed E-state index contributed by atoms with van der Waals surface area (Å²) in [5.74, 6) is -3.27. The van der Waals surface area contributed by atoms with Gasteiger partial charge in [0.05, 0.1) is 0 Å². The van der Waals surface area contributed by atoms with Gasteiger partial charge in [0.15, 0.2) is 0 Å². The topological polar surface area (TPSA) is 29.1 Å². The summed E-state index contributed by atoms with van der Waals surface area (Å²) in [4.78, 5) is 11.8. The Morgan fingerprint density at radius 3 is 2.35 bits per heavy atom. The number of carbonyl (C=O) groups excluding carboxylic acids is 1. The van der Waals surface area contributed by atoms with Gasteiger partial charge in [-0.3, -0.25) is 4.79 Å². The van der Waals surface area contributed by atoms with Gasteiger partial charge in [-0.1, -0.05) is 28.1 Å². The molecular formula is C14H9BrF3NO. The molecule has 0 saturated carbocycles. The van der Waals surface area contributed by atoms with E-state index >= 15 is 0 Å². The quantitative estimate of drug-likeness (QED) is 0.902. The van der Waals surface area contributed by atoms with E-state index in [-0.39, 0.29) is 11.0 Å². The van der Waals surface area contributed by atoms with Crippen LogP contribution in [0.5, 0.6) is 0 Å². The fourth-order valence-electron chi connectivity index (χ4n) is 1.68. The highest BCUT2D eigenvalue weighted by molar-refractivity contribution is 9.10. The Kier molecular flexibility index (Phi) is 4.44. The second-order valence-electron chi connectivity index (χ2n) is 4.06. The van der Waals surface area contributed by atoms with Crippen LogP contribution in [0.4, 0.5) is 13.2 Å². The molecule has 2 rings (SSSR count). The van der Waals surface area contributed by atoms with Gasteiger partial charge in [-0.25, -0.2) is 13.2 Å². The molecule has 6 heteroatoms. The molecular weight excluding hydrogens is 335 g/mol. The molecule has 0 fully saturated rings. The summed E-state index contributed by atoms with van der Waals surface area (Å²) in [5, 5.41) is 2.34. The molecule has 2 aromatic rings. The molecule has 0 bridgehead atoms. The summed E-state index contributed by atoms with van der Waals surface area (Å²) < 4.78 is 40.3. The standard InChI is InChI=1S/C14H9BrF3NO/c15-9-5-11(17)13(12(18)6-9)14(20)19-7-8-2-1-3-10(16)4-8/h1-6H,7H2,(H,19,20). The number of halogens is 4. The van der Waals surface area contributed by atoms with E-state index in [0.29, 0.717) is 5.56 Å². The number of rotatable bonds is 3. The molecule has 0 aliphatic rings. The van der Waals surface area contributed by atoms with Crippen LogP contribution in [0, 0.1) is 17.5 Å². The minimum Gasteiger partial charge on any atom is -0.348 e. The van der Waals surface area contributed by atoms with Crippen molar-refractivity contribution in [3.8, 4) is 0 Å². The lowest BCUT2D eigenvalue weighted by atomic mass is 10.1. The molecule has 0 aliphatic heterocycles. The molecule has 20 heavy (non-hydrogen) atoms. The largest absolute Gasteiger partial charge is 0.348 e. The normalized spacial score (nSPS) is 10.4. The summed E-state index contributed by atoms with van der Waals surface area (Å²) in [6.45, 7) is -0.0223. The molecule has 104 valence electrons. The van der Waals surface area contributed by atoms with E-state index in [4.69, 9.17) is 0 Å². The van der Waals surface area contributed by atoms with E-state index in [9.17, 15) is 18.0 Å². The van der Waals surface area contributed by atoms with Crippen molar-refractivity contribution in [2.24, 2.45) is 0 Å². The van der Waals surface area contributed by atoms with Gasteiger partial charge in [-0.2, -0.15) is 0 Å². The lowest BCUT2D eigenvalue weighted by Gasteiger charge is -2.08. The Bertz CT molecular complexity index is 638. The molecule has 1 N–H and O–H groups in total. The highest BCUT2D eigenvalue weighted by Crippen LogP contribution is 2.19. The monoisotopic (exact) mass is 343 g/mol. The van der Waals surface area contributed by atoms with Crippen molar-refractivity contribution in [2.75, 3.05) is 0 Å². The maximum atomic E-state index is 13.6. The summed E-state index contributed by atoms with van der Waals surface area (Å²) in [6, 6.07) is 7.57. The molecule has 0 aromatic heterocycles. The highest BCUT2D eigenvalue weighted by atomic mass is 79.9. The van der Waals surface area contributed by atoms with E-state index in [1.165, 1.54) is 18.2 Å². The van der Waals surface area contributed by atoms with Gasteiger partial charge in [-0.05, 0) is 29.8 Å². The number of hydrogen-bond donors (Lipinski definition) is 1. The number of nitrogens with one attached hydrogen (secondary N) is 1. The first-order valence-electron chi connectivity index (χ1n) is 5.64. The maximum absolute atomic E-state index is 13.6. The number of benzene rings is 2. The molecule has 0 aliphatic carbocycles. The van der Waals surface area contributed by atoms with Gasteiger partial charge in [0.25, 0.3) is 5.91 Å². The Balaban J connectivity index is 2.13. The fourth-order valence-corrected chi connectivity index (χ4v) is 2.08. The molecule has 2 nitrogen and oxygen atoms in total. The smallest absolute Gasteiger partial charge is 0.257 e. The van der Waals surface area contributed by atoms with Gasteiger partial charge in [-0.15, -0.1) is 0 Å². The lowest BCUT2D eigenvalue weighted by Crippen LogP contribution is -2.25. The molecule has 1 amide bonds. The van der Waals surface area contributed by atoms with E-state index in [0.717, 1.165) is 12.1 Å². The summed E-state index contributed by atoms with van der Waals surface area (Å²) in [7, 11) is 0. The average Bonchev–Trinajstić information content (AvgIpc) is 2.35. The Labute approximate surface area is 121 Å². The predicted molar refractivity (Wildman–Crippen MR) is 71.6 cm³/mol. The summed E-state index contributed by atoms with van der Waals surface area (Å²) in [6.07, 6.45) is 0. The van der Waals surface area contributed by atoms with Gasteiger partial charge >= 0.3 is 0 Å². The SMILES string of the molecule is O=C(NCc1cccc(F)c1)c1c(F)cc(Br)cc1F. The van der Waals surface area contributed by atoms with Crippen LogP contribution in [0.2, 0.25) is 0 Å². The lowest BCUT2D eigenvalue weighted by molar-refractivity contribution is 0.0942. The number of amides is 1. The first kappa shape index (κ1) is 14.6. The van der Waals surface area contributed by atoms with Crippen molar-refractivity contribution >= 4 is 21.8 Å². The number of carbonyl (C=O) groups is 1. The first-order valence-corrected chi connectivity index (χ1v) is 6.44. The second kappa shape index (κ2) is 6.09. The van der Waals surface area contributed by atoms with E-state index < -0.39 is 28.9 Å². The Morgan fingerprint density at radius 2 is 1.75 bits per heavy atom. The number of hydrogen-bond acceptors (Lipinski definition) is 1. The van der Waals surface area contributed by atoms with Crippen LogP contribution in [0.3, 0.4) is 0 Å². The fraction of sp³-hybridized carbons (Fsp3) is 0.0714. The zero-order chi connectivity index (χ0) is 14.7. The van der Waals surface area contributed by atoms with Crippen LogP contribution in [-0.4, -0.2) is 5.91 Å². The third-order valence-corrected chi connectivity index (χ3v) is 3.03. The Hall–Kier alpha value is -1.82. The van der Waals surface area contributed by atoms with Crippen LogP contribution in [0.15, 0.2) is 40.9 Å². The van der Waals surface area contributed by atoms with Gasteiger partial charge in [0.1, 0.15) is 23.0 Å². The molecule has 0 spiro atoms. The Morgan fingerprint density at radius 1 is 1.10 bits per heavy atom. The van der Waals surface area contributed by atoms with Crippen molar-refractivity contribution in [1.29, 1.82) is 0 Å². The van der Waals surface area contributed by atoms with Crippen molar-refractivity contribution in [3.63, 3.8) is 0 Å². The van der Waals surface area contributed by atoms with Crippen molar-refractivity contribution in [1.82, 2.24) is 5.32 Å². The second-order valence-corrected chi connectivity index (χ2v) is 4.97. The van der Waals surface area contributed by atoms with Crippen LogP contribution in [0.25, 0.3) is 0 Å². The van der Waals surface area contributed by atoms with Gasteiger partial charge in [0, 0.05) is 11.0 Å². The minimum absolute atomic E-state index is 0.0223. The predicted octanol–water partition coefficient (Wildman–Crippen LogP) is 3.80. The van der Waals surface area contributed by atoms with E-state index in [1.807, 2.05) is 0 Å². The van der Waals surface area contributed by atoms with E-state index in [2.05, 4.69) is 21.2 Å². The molecule has 0 atom stereocenters. The third kappa shape index (κ3) is 3.39. The van der Waals surface area contributed by atoms with Gasteiger partial charge < -0.3 is 5.32 Å². The first-order chi connectivity index (χ1) is 9.47. The van der Waals surface area contributed by atoms with Crippen molar-refractivity contribution < 1.29 is 18.0 Å². The minimum atomic E-state index is -0.964. The molecule has 0 unspecified atom stereocenters. The molecule has 0 saturated heterocycles. The zero-order valence-electron chi connectivity index (χ0n) is 10.1. The van der Waals surface area contributed by atoms with Crippen LogP contribution in [-0.2, 0) is 6.54 Å². The molecule has 0 radical (unpaired) electrons. The van der Waals surface area contributed by atoms with Crippen LogP contribution in [0.1, 0.15) is 15.9 Å². The highest BCUT2D eigenvalue weighted by Gasteiger charge is 2.18. The van der Waals surface area contributed by atoms with Crippen LogP contribution < -0.4 is 5.32 Å². The third-order valence-electron chi connectivity index (χ3n) is 2.58. The zero-order valence-corrected chi connectivity index (χ0v) is 11.7.